The van der Waals surface area contributed by atoms with Crippen LogP contribution in [0.1, 0.15) is 5.69 Å². The maximum atomic E-state index is 13.0. The van der Waals surface area contributed by atoms with E-state index in [9.17, 15) is 14.3 Å². The highest BCUT2D eigenvalue weighted by Gasteiger charge is 2.21. The average molecular weight is 208 g/mol. The predicted molar refractivity (Wildman–Crippen MR) is 52.6 cm³/mol. The molecule has 1 aromatic heterocycles. The molecule has 4 nitrogen and oxygen atoms in total. The molecule has 0 aromatic carbocycles. The standard InChI is InChI=1S/C10H9FN2O2/c11-7-5-9-8(12-6-7)1-2-10(15)13(9)3-4-14/h1-2,4-6,10,15H,3H2. The number of carbonyl (C=O) groups is 1. The minimum absolute atomic E-state index is 0.00361. The lowest BCUT2D eigenvalue weighted by molar-refractivity contribution is -0.107. The normalized spacial score (nSPS) is 18.8. The first-order valence-corrected chi connectivity index (χ1v) is 4.44. The van der Waals surface area contributed by atoms with Crippen molar-refractivity contribution in [3.8, 4) is 0 Å². The smallest absolute Gasteiger partial charge is 0.147 e. The summed E-state index contributed by atoms with van der Waals surface area (Å²) >= 11 is 0. The van der Waals surface area contributed by atoms with Crippen molar-refractivity contribution in [2.45, 2.75) is 6.23 Å². The molecule has 1 aromatic rings. The Balaban J connectivity index is 2.46. The van der Waals surface area contributed by atoms with Crippen LogP contribution in [0.4, 0.5) is 10.1 Å². The number of fused-ring (bicyclic) bond motifs is 1. The van der Waals surface area contributed by atoms with Crippen molar-refractivity contribution in [1.29, 1.82) is 0 Å². The lowest BCUT2D eigenvalue weighted by atomic mass is 10.1. The highest BCUT2D eigenvalue weighted by molar-refractivity contribution is 5.72. The van der Waals surface area contributed by atoms with E-state index in [4.69, 9.17) is 0 Å². The fourth-order valence-corrected chi connectivity index (χ4v) is 1.51. The molecule has 1 aliphatic heterocycles. The van der Waals surface area contributed by atoms with Crippen molar-refractivity contribution in [1.82, 2.24) is 4.98 Å². The molecule has 0 amide bonds. The average Bonchev–Trinajstić information content (AvgIpc) is 2.23. The van der Waals surface area contributed by atoms with Crippen molar-refractivity contribution in [3.05, 3.63) is 29.9 Å². The molecule has 0 bridgehead atoms. The van der Waals surface area contributed by atoms with Crippen molar-refractivity contribution in [2.24, 2.45) is 0 Å². The van der Waals surface area contributed by atoms with Gasteiger partial charge in [-0.2, -0.15) is 0 Å². The van der Waals surface area contributed by atoms with Gasteiger partial charge >= 0.3 is 0 Å². The molecule has 5 heteroatoms. The SMILES string of the molecule is O=CCN1c2cc(F)cnc2C=CC1O. The summed E-state index contributed by atoms with van der Waals surface area (Å²) in [5.74, 6) is -0.493. The minimum Gasteiger partial charge on any atom is -0.370 e. The number of aliphatic hydroxyl groups is 1. The second kappa shape index (κ2) is 3.78. The van der Waals surface area contributed by atoms with Crippen LogP contribution >= 0.6 is 0 Å². The molecule has 1 atom stereocenters. The largest absolute Gasteiger partial charge is 0.370 e. The number of nitrogens with zero attached hydrogens (tertiary/aromatic N) is 2. The number of carbonyl (C=O) groups excluding carboxylic acids is 1. The van der Waals surface area contributed by atoms with Crippen molar-refractivity contribution < 1.29 is 14.3 Å². The quantitative estimate of drug-likeness (QED) is 0.722. The van der Waals surface area contributed by atoms with E-state index in [-0.39, 0.29) is 6.54 Å². The molecule has 0 saturated heterocycles. The maximum Gasteiger partial charge on any atom is 0.147 e. The number of hydrogen-bond acceptors (Lipinski definition) is 4. The van der Waals surface area contributed by atoms with Gasteiger partial charge in [-0.15, -0.1) is 0 Å². The number of halogens is 1. The van der Waals surface area contributed by atoms with Gasteiger partial charge in [0.25, 0.3) is 0 Å². The van der Waals surface area contributed by atoms with E-state index in [1.165, 1.54) is 17.0 Å². The van der Waals surface area contributed by atoms with E-state index < -0.39 is 12.0 Å². The van der Waals surface area contributed by atoms with Gasteiger partial charge in [0.1, 0.15) is 18.3 Å². The molecule has 78 valence electrons. The highest BCUT2D eigenvalue weighted by atomic mass is 19.1. The number of aliphatic hydroxyl groups excluding tert-OH is 1. The molecular weight excluding hydrogens is 199 g/mol. The molecule has 0 spiro atoms. The molecule has 0 saturated carbocycles. The zero-order valence-corrected chi connectivity index (χ0v) is 7.80. The Labute approximate surface area is 85.7 Å². The summed E-state index contributed by atoms with van der Waals surface area (Å²) in [5, 5.41) is 9.57. The minimum atomic E-state index is -0.911. The Bertz CT molecular complexity index is 420. The molecule has 15 heavy (non-hydrogen) atoms. The van der Waals surface area contributed by atoms with Crippen LogP contribution in [0.25, 0.3) is 6.08 Å². The van der Waals surface area contributed by atoms with E-state index >= 15 is 0 Å². The van der Waals surface area contributed by atoms with Gasteiger partial charge in [-0.05, 0) is 12.2 Å². The molecule has 1 unspecified atom stereocenters. The second-order valence-electron chi connectivity index (χ2n) is 3.15. The van der Waals surface area contributed by atoms with Gasteiger partial charge in [-0.3, -0.25) is 4.98 Å². The number of anilines is 1. The van der Waals surface area contributed by atoms with Crippen LogP contribution in [0, 0.1) is 5.82 Å². The fourth-order valence-electron chi connectivity index (χ4n) is 1.51. The summed E-state index contributed by atoms with van der Waals surface area (Å²) in [4.78, 5) is 15.7. The van der Waals surface area contributed by atoms with Crippen LogP contribution in [-0.4, -0.2) is 29.1 Å². The number of hydrogen-bond donors (Lipinski definition) is 1. The van der Waals surface area contributed by atoms with Crippen LogP contribution in [0.5, 0.6) is 0 Å². The van der Waals surface area contributed by atoms with E-state index in [2.05, 4.69) is 4.98 Å². The fraction of sp³-hybridized carbons (Fsp3) is 0.200. The third-order valence-electron chi connectivity index (χ3n) is 2.19. The molecule has 0 aliphatic carbocycles. The summed E-state index contributed by atoms with van der Waals surface area (Å²) < 4.78 is 13.0. The summed E-state index contributed by atoms with van der Waals surface area (Å²) in [6, 6.07) is 1.25. The Morgan fingerprint density at radius 3 is 3.20 bits per heavy atom. The number of pyridine rings is 1. The Morgan fingerprint density at radius 2 is 2.47 bits per heavy atom. The van der Waals surface area contributed by atoms with E-state index in [1.807, 2.05) is 0 Å². The Hall–Kier alpha value is -1.75. The van der Waals surface area contributed by atoms with Gasteiger partial charge < -0.3 is 14.8 Å². The molecular formula is C10H9FN2O2. The number of rotatable bonds is 2. The lowest BCUT2D eigenvalue weighted by Crippen LogP contribution is -2.37. The van der Waals surface area contributed by atoms with Crippen molar-refractivity contribution in [2.75, 3.05) is 11.4 Å². The van der Waals surface area contributed by atoms with Gasteiger partial charge in [0.05, 0.1) is 24.1 Å². The molecule has 0 radical (unpaired) electrons. The van der Waals surface area contributed by atoms with Crippen molar-refractivity contribution in [3.63, 3.8) is 0 Å². The summed E-state index contributed by atoms with van der Waals surface area (Å²) in [7, 11) is 0. The first-order chi connectivity index (χ1) is 7.22. The van der Waals surface area contributed by atoms with Crippen molar-refractivity contribution >= 4 is 18.0 Å². The third-order valence-corrected chi connectivity index (χ3v) is 2.19. The van der Waals surface area contributed by atoms with Crippen LogP contribution in [0.15, 0.2) is 18.3 Å². The maximum absolute atomic E-state index is 13.0. The summed E-state index contributed by atoms with van der Waals surface area (Å²) in [5.41, 5.74) is 0.973. The third kappa shape index (κ3) is 1.73. The number of aldehydes is 1. The zero-order chi connectivity index (χ0) is 10.8. The first-order valence-electron chi connectivity index (χ1n) is 4.44. The van der Waals surface area contributed by atoms with E-state index in [1.54, 1.807) is 6.08 Å². The lowest BCUT2D eigenvalue weighted by Gasteiger charge is -2.29. The second-order valence-corrected chi connectivity index (χ2v) is 3.15. The molecule has 0 fully saturated rings. The Kier molecular flexibility index (Phi) is 2.47. The molecule has 1 aliphatic rings. The first kappa shape index (κ1) is 9.79. The summed E-state index contributed by atoms with van der Waals surface area (Å²) in [6.45, 7) is 0.00361. The molecule has 1 N–H and O–H groups in total. The van der Waals surface area contributed by atoms with Crippen LogP contribution in [0.3, 0.4) is 0 Å². The predicted octanol–water partition coefficient (Wildman–Crippen LogP) is 0.571. The zero-order valence-electron chi connectivity index (χ0n) is 7.80. The monoisotopic (exact) mass is 208 g/mol. The van der Waals surface area contributed by atoms with E-state index in [0.717, 1.165) is 6.20 Å². The topological polar surface area (TPSA) is 53.4 Å². The highest BCUT2D eigenvalue weighted by Crippen LogP contribution is 2.26. The molecule has 2 heterocycles. The van der Waals surface area contributed by atoms with Crippen LogP contribution in [0.2, 0.25) is 0 Å². The molecule has 2 rings (SSSR count). The van der Waals surface area contributed by atoms with Gasteiger partial charge in [0, 0.05) is 6.07 Å². The van der Waals surface area contributed by atoms with Gasteiger partial charge in [0.2, 0.25) is 0 Å². The summed E-state index contributed by atoms with van der Waals surface area (Å²) in [6.07, 6.45) is 3.93. The van der Waals surface area contributed by atoms with Gasteiger partial charge in [-0.1, -0.05) is 0 Å². The van der Waals surface area contributed by atoms with Crippen LogP contribution < -0.4 is 4.90 Å². The number of aromatic nitrogens is 1. The van der Waals surface area contributed by atoms with Crippen LogP contribution in [-0.2, 0) is 4.79 Å². The van der Waals surface area contributed by atoms with E-state index in [0.29, 0.717) is 17.7 Å². The Morgan fingerprint density at radius 1 is 1.67 bits per heavy atom. The van der Waals surface area contributed by atoms with Gasteiger partial charge in [-0.25, -0.2) is 4.39 Å². The van der Waals surface area contributed by atoms with Gasteiger partial charge in [0.15, 0.2) is 0 Å².